The summed E-state index contributed by atoms with van der Waals surface area (Å²) >= 11 is 0. The van der Waals surface area contributed by atoms with E-state index in [1.807, 2.05) is 4.90 Å². The average Bonchev–Trinajstić information content (AvgIpc) is 3.18. The molecule has 2 aromatic carbocycles. The van der Waals surface area contributed by atoms with Crippen molar-refractivity contribution in [2.24, 2.45) is 0 Å². The van der Waals surface area contributed by atoms with Crippen molar-refractivity contribution in [2.45, 2.75) is 37.6 Å². The van der Waals surface area contributed by atoms with Crippen LogP contribution in [-0.4, -0.2) is 32.3 Å². The van der Waals surface area contributed by atoms with E-state index in [1.54, 1.807) is 12.1 Å². The Morgan fingerprint density at radius 2 is 2.00 bits per heavy atom. The highest BCUT2D eigenvalue weighted by Crippen LogP contribution is 2.34. The number of likely N-dealkylation sites (tertiary alicyclic amines) is 1. The standard InChI is InChI=1S/C22H26N2O3S/c1-4-12-23-28(26,27)20-8-5-7-19(15-20)22(25)24-13-6-9-21(24)18-11-10-16(2)17(3)14-18/h4-5,7-8,10-11,14-15,21,23H,1,6,9,12-13H2,2-3H3. The maximum Gasteiger partial charge on any atom is 0.254 e. The lowest BCUT2D eigenvalue weighted by molar-refractivity contribution is 0.0735. The molecule has 0 bridgehead atoms. The number of nitrogens with zero attached hydrogens (tertiary/aromatic N) is 1. The fraction of sp³-hybridized carbons (Fsp3) is 0.318. The van der Waals surface area contributed by atoms with Gasteiger partial charge in [0.2, 0.25) is 10.0 Å². The minimum Gasteiger partial charge on any atom is -0.332 e. The molecule has 1 aliphatic rings. The van der Waals surface area contributed by atoms with Gasteiger partial charge in [-0.3, -0.25) is 4.79 Å². The fourth-order valence-electron chi connectivity index (χ4n) is 3.54. The molecule has 0 spiro atoms. The second kappa shape index (κ2) is 8.29. The van der Waals surface area contributed by atoms with E-state index in [-0.39, 0.29) is 23.4 Å². The summed E-state index contributed by atoms with van der Waals surface area (Å²) in [6.07, 6.45) is 3.32. The lowest BCUT2D eigenvalue weighted by Gasteiger charge is -2.26. The van der Waals surface area contributed by atoms with Crippen LogP contribution >= 0.6 is 0 Å². The van der Waals surface area contributed by atoms with Gasteiger partial charge in [-0.05, 0) is 61.6 Å². The van der Waals surface area contributed by atoms with Crippen LogP contribution in [0.5, 0.6) is 0 Å². The quantitative estimate of drug-likeness (QED) is 0.754. The molecular weight excluding hydrogens is 372 g/mol. The van der Waals surface area contributed by atoms with Crippen molar-refractivity contribution in [1.29, 1.82) is 0 Å². The smallest absolute Gasteiger partial charge is 0.254 e. The van der Waals surface area contributed by atoms with Gasteiger partial charge in [-0.15, -0.1) is 6.58 Å². The topological polar surface area (TPSA) is 66.5 Å². The molecule has 5 nitrogen and oxygen atoms in total. The van der Waals surface area contributed by atoms with Crippen LogP contribution < -0.4 is 4.72 Å². The molecule has 28 heavy (non-hydrogen) atoms. The van der Waals surface area contributed by atoms with E-state index >= 15 is 0 Å². The number of benzene rings is 2. The molecule has 1 unspecified atom stereocenters. The maximum absolute atomic E-state index is 13.2. The Bertz CT molecular complexity index is 999. The van der Waals surface area contributed by atoms with E-state index < -0.39 is 10.0 Å². The van der Waals surface area contributed by atoms with Gasteiger partial charge >= 0.3 is 0 Å². The van der Waals surface area contributed by atoms with E-state index in [4.69, 9.17) is 0 Å². The van der Waals surface area contributed by atoms with Crippen molar-refractivity contribution in [2.75, 3.05) is 13.1 Å². The minimum absolute atomic E-state index is 0.0194. The molecule has 1 heterocycles. The Morgan fingerprint density at radius 1 is 1.21 bits per heavy atom. The average molecular weight is 399 g/mol. The molecule has 0 aromatic heterocycles. The lowest BCUT2D eigenvalue weighted by atomic mass is 9.99. The molecule has 1 fully saturated rings. The number of rotatable bonds is 6. The summed E-state index contributed by atoms with van der Waals surface area (Å²) in [6, 6.07) is 12.6. The number of aryl methyl sites for hydroxylation is 2. The van der Waals surface area contributed by atoms with Gasteiger partial charge in [0.1, 0.15) is 0 Å². The normalized spacial score (nSPS) is 16.9. The van der Waals surface area contributed by atoms with Crippen LogP contribution in [0.2, 0.25) is 0 Å². The Morgan fingerprint density at radius 3 is 2.71 bits per heavy atom. The summed E-state index contributed by atoms with van der Waals surface area (Å²) in [5.41, 5.74) is 3.95. The zero-order valence-electron chi connectivity index (χ0n) is 16.3. The first-order valence-electron chi connectivity index (χ1n) is 9.42. The number of hydrogen-bond donors (Lipinski definition) is 1. The Kier molecular flexibility index (Phi) is 6.01. The van der Waals surface area contributed by atoms with Crippen molar-refractivity contribution < 1.29 is 13.2 Å². The highest BCUT2D eigenvalue weighted by molar-refractivity contribution is 7.89. The summed E-state index contributed by atoms with van der Waals surface area (Å²) in [6.45, 7) is 8.47. The zero-order valence-corrected chi connectivity index (χ0v) is 17.1. The Balaban J connectivity index is 1.87. The van der Waals surface area contributed by atoms with Gasteiger partial charge in [0, 0.05) is 18.7 Å². The molecule has 6 heteroatoms. The van der Waals surface area contributed by atoms with E-state index in [0.717, 1.165) is 18.4 Å². The number of nitrogens with one attached hydrogen (secondary N) is 1. The van der Waals surface area contributed by atoms with Crippen LogP contribution in [0, 0.1) is 13.8 Å². The van der Waals surface area contributed by atoms with Gasteiger partial charge in [-0.25, -0.2) is 13.1 Å². The van der Waals surface area contributed by atoms with Gasteiger partial charge in [-0.2, -0.15) is 0 Å². The van der Waals surface area contributed by atoms with E-state index in [2.05, 4.69) is 43.3 Å². The second-order valence-electron chi connectivity index (χ2n) is 7.17. The molecule has 0 saturated carbocycles. The van der Waals surface area contributed by atoms with Crippen molar-refractivity contribution in [3.8, 4) is 0 Å². The largest absolute Gasteiger partial charge is 0.332 e. The summed E-state index contributed by atoms with van der Waals surface area (Å²) in [5, 5.41) is 0. The molecule has 0 aliphatic carbocycles. The van der Waals surface area contributed by atoms with Gasteiger partial charge < -0.3 is 4.90 Å². The number of sulfonamides is 1. The van der Waals surface area contributed by atoms with Crippen LogP contribution in [0.1, 0.15) is 45.9 Å². The van der Waals surface area contributed by atoms with Crippen LogP contribution in [0.3, 0.4) is 0 Å². The SMILES string of the molecule is C=CCNS(=O)(=O)c1cccc(C(=O)N2CCCC2c2ccc(C)c(C)c2)c1. The monoisotopic (exact) mass is 398 g/mol. The first-order valence-corrected chi connectivity index (χ1v) is 10.9. The first-order chi connectivity index (χ1) is 13.3. The van der Waals surface area contributed by atoms with Crippen LogP contribution in [0.25, 0.3) is 0 Å². The molecule has 148 valence electrons. The lowest BCUT2D eigenvalue weighted by Crippen LogP contribution is -2.31. The van der Waals surface area contributed by atoms with Crippen LogP contribution in [0.15, 0.2) is 60.0 Å². The highest BCUT2D eigenvalue weighted by Gasteiger charge is 2.31. The zero-order chi connectivity index (χ0) is 20.3. The molecule has 3 rings (SSSR count). The summed E-state index contributed by atoms with van der Waals surface area (Å²) in [5.74, 6) is -0.138. The molecule has 1 atom stereocenters. The van der Waals surface area contributed by atoms with E-state index in [1.165, 1.54) is 29.3 Å². The molecule has 1 aliphatic heterocycles. The Hall–Kier alpha value is -2.44. The number of carbonyl (C=O) groups excluding carboxylic acids is 1. The molecule has 1 saturated heterocycles. The molecule has 2 aromatic rings. The molecular formula is C22H26N2O3S. The van der Waals surface area contributed by atoms with Crippen molar-refractivity contribution in [3.05, 3.63) is 77.4 Å². The predicted molar refractivity (Wildman–Crippen MR) is 111 cm³/mol. The van der Waals surface area contributed by atoms with Crippen molar-refractivity contribution >= 4 is 15.9 Å². The van der Waals surface area contributed by atoms with Crippen LogP contribution in [-0.2, 0) is 10.0 Å². The summed E-state index contributed by atoms with van der Waals surface area (Å²) < 4.78 is 27.2. The second-order valence-corrected chi connectivity index (χ2v) is 8.94. The van der Waals surface area contributed by atoms with Crippen molar-refractivity contribution in [3.63, 3.8) is 0 Å². The third kappa shape index (κ3) is 4.18. The van der Waals surface area contributed by atoms with Crippen LogP contribution in [0.4, 0.5) is 0 Å². The summed E-state index contributed by atoms with van der Waals surface area (Å²) in [7, 11) is -3.67. The molecule has 0 radical (unpaired) electrons. The number of carbonyl (C=O) groups is 1. The van der Waals surface area contributed by atoms with E-state index in [9.17, 15) is 13.2 Å². The third-order valence-electron chi connectivity index (χ3n) is 5.24. The maximum atomic E-state index is 13.2. The number of amides is 1. The van der Waals surface area contributed by atoms with Gasteiger partial charge in [-0.1, -0.05) is 30.3 Å². The summed E-state index contributed by atoms with van der Waals surface area (Å²) in [4.78, 5) is 15.1. The van der Waals surface area contributed by atoms with Gasteiger partial charge in [0.05, 0.1) is 10.9 Å². The van der Waals surface area contributed by atoms with Gasteiger partial charge in [0.25, 0.3) is 5.91 Å². The van der Waals surface area contributed by atoms with Gasteiger partial charge in [0.15, 0.2) is 0 Å². The minimum atomic E-state index is -3.67. The molecule has 1 amide bonds. The predicted octanol–water partition coefficient (Wildman–Crippen LogP) is 3.75. The Labute approximate surface area is 167 Å². The molecule has 1 N–H and O–H groups in total. The number of hydrogen-bond acceptors (Lipinski definition) is 3. The van der Waals surface area contributed by atoms with E-state index in [0.29, 0.717) is 12.1 Å². The van der Waals surface area contributed by atoms with Crippen molar-refractivity contribution in [1.82, 2.24) is 9.62 Å². The first kappa shape index (κ1) is 20.3. The highest BCUT2D eigenvalue weighted by atomic mass is 32.2. The fourth-order valence-corrected chi connectivity index (χ4v) is 4.59. The third-order valence-corrected chi connectivity index (χ3v) is 6.66.